The lowest BCUT2D eigenvalue weighted by Crippen LogP contribution is -2.08. The summed E-state index contributed by atoms with van der Waals surface area (Å²) in [7, 11) is 0. The van der Waals surface area contributed by atoms with Gasteiger partial charge in [-0.15, -0.1) is 0 Å². The van der Waals surface area contributed by atoms with E-state index in [1.807, 2.05) is 0 Å². The summed E-state index contributed by atoms with van der Waals surface area (Å²) in [4.78, 5) is 8.35. The highest BCUT2D eigenvalue weighted by Crippen LogP contribution is 2.25. The van der Waals surface area contributed by atoms with Gasteiger partial charge in [0.15, 0.2) is 5.65 Å². The monoisotopic (exact) mass is 301 g/mol. The van der Waals surface area contributed by atoms with Gasteiger partial charge in [-0.1, -0.05) is 31.2 Å². The van der Waals surface area contributed by atoms with Gasteiger partial charge in [0.2, 0.25) is 5.28 Å². The molecule has 1 aromatic carbocycles. The van der Waals surface area contributed by atoms with Gasteiger partial charge in [-0.25, -0.2) is 0 Å². The molecule has 0 aliphatic carbocycles. The minimum absolute atomic E-state index is 0.111. The van der Waals surface area contributed by atoms with Crippen molar-refractivity contribution >= 4 is 28.5 Å². The zero-order chi connectivity index (χ0) is 14.8. The van der Waals surface area contributed by atoms with Gasteiger partial charge < -0.3 is 5.32 Å². The van der Waals surface area contributed by atoms with Crippen molar-refractivity contribution in [1.82, 2.24) is 20.2 Å². The van der Waals surface area contributed by atoms with Crippen LogP contribution in [0.2, 0.25) is 5.28 Å². The van der Waals surface area contributed by atoms with Crippen LogP contribution in [0, 0.1) is 0 Å². The van der Waals surface area contributed by atoms with Crippen molar-refractivity contribution in [3.05, 3.63) is 46.9 Å². The van der Waals surface area contributed by atoms with Crippen LogP contribution in [-0.4, -0.2) is 20.2 Å². The summed E-state index contributed by atoms with van der Waals surface area (Å²) >= 11 is 5.94. The Labute approximate surface area is 127 Å². The number of benzene rings is 1. The van der Waals surface area contributed by atoms with E-state index in [-0.39, 0.29) is 11.3 Å². The lowest BCUT2D eigenvalue weighted by Gasteiger charge is -2.16. The van der Waals surface area contributed by atoms with E-state index in [0.717, 1.165) is 11.8 Å². The molecule has 2 heterocycles. The third-order valence-electron chi connectivity index (χ3n) is 3.52. The standard InChI is InChI=1S/C15H16ClN5/c1-3-10-4-6-11(7-5-10)9(2)18-13-12-8-17-21-14(12)20-15(16)19-13/h4-9H,3H2,1-2H3,(H2,17,18,19,20,21). The molecule has 3 rings (SSSR count). The number of hydrogen-bond acceptors (Lipinski definition) is 4. The molecule has 0 aliphatic rings. The fourth-order valence-corrected chi connectivity index (χ4v) is 2.42. The number of fused-ring (bicyclic) bond motifs is 1. The van der Waals surface area contributed by atoms with Crippen molar-refractivity contribution in [3.63, 3.8) is 0 Å². The largest absolute Gasteiger partial charge is 0.363 e. The second-order valence-corrected chi connectivity index (χ2v) is 5.27. The summed E-state index contributed by atoms with van der Waals surface area (Å²) in [6.45, 7) is 4.23. The number of halogens is 1. The summed E-state index contributed by atoms with van der Waals surface area (Å²) in [6, 6.07) is 8.67. The first-order chi connectivity index (χ1) is 10.2. The Balaban J connectivity index is 1.88. The molecule has 1 unspecified atom stereocenters. The van der Waals surface area contributed by atoms with Gasteiger partial charge in [0.05, 0.1) is 11.6 Å². The molecular formula is C15H16ClN5. The third-order valence-corrected chi connectivity index (χ3v) is 3.69. The van der Waals surface area contributed by atoms with Crippen LogP contribution in [0.3, 0.4) is 0 Å². The zero-order valence-corrected chi connectivity index (χ0v) is 12.6. The molecule has 0 saturated heterocycles. The van der Waals surface area contributed by atoms with E-state index in [1.165, 1.54) is 11.1 Å². The maximum absolute atomic E-state index is 5.94. The van der Waals surface area contributed by atoms with Gasteiger partial charge in [0.25, 0.3) is 0 Å². The fourth-order valence-electron chi connectivity index (χ4n) is 2.25. The molecule has 0 amide bonds. The normalized spacial score (nSPS) is 12.5. The summed E-state index contributed by atoms with van der Waals surface area (Å²) in [5, 5.41) is 11.2. The summed E-state index contributed by atoms with van der Waals surface area (Å²) in [5.41, 5.74) is 3.15. The number of anilines is 1. The minimum atomic E-state index is 0.111. The Kier molecular flexibility index (Phi) is 3.75. The van der Waals surface area contributed by atoms with E-state index in [4.69, 9.17) is 11.6 Å². The van der Waals surface area contributed by atoms with Crippen LogP contribution < -0.4 is 5.32 Å². The molecule has 0 fully saturated rings. The van der Waals surface area contributed by atoms with Gasteiger partial charge in [-0.2, -0.15) is 15.1 Å². The van der Waals surface area contributed by atoms with Crippen molar-refractivity contribution in [2.24, 2.45) is 0 Å². The van der Waals surface area contributed by atoms with E-state index in [1.54, 1.807) is 6.20 Å². The molecule has 2 aromatic heterocycles. The molecule has 0 spiro atoms. The molecule has 0 bridgehead atoms. The van der Waals surface area contributed by atoms with Crippen LogP contribution in [-0.2, 0) is 6.42 Å². The molecule has 6 heteroatoms. The van der Waals surface area contributed by atoms with Gasteiger partial charge in [0, 0.05) is 6.04 Å². The summed E-state index contributed by atoms with van der Waals surface area (Å²) in [5.74, 6) is 0.686. The predicted octanol–water partition coefficient (Wildman–Crippen LogP) is 3.74. The number of aromatic nitrogens is 4. The van der Waals surface area contributed by atoms with Gasteiger partial charge in [0.1, 0.15) is 5.82 Å². The number of rotatable bonds is 4. The third kappa shape index (κ3) is 2.83. The first kappa shape index (κ1) is 13.8. The molecule has 0 radical (unpaired) electrons. The van der Waals surface area contributed by atoms with Crippen LogP contribution in [0.15, 0.2) is 30.5 Å². The molecule has 0 saturated carbocycles. The number of H-pyrrole nitrogens is 1. The van der Waals surface area contributed by atoms with Crippen LogP contribution in [0.4, 0.5) is 5.82 Å². The van der Waals surface area contributed by atoms with Crippen LogP contribution in [0.5, 0.6) is 0 Å². The average molecular weight is 302 g/mol. The highest BCUT2D eigenvalue weighted by atomic mass is 35.5. The molecular weight excluding hydrogens is 286 g/mol. The Morgan fingerprint density at radius 3 is 2.71 bits per heavy atom. The number of nitrogens with zero attached hydrogens (tertiary/aromatic N) is 3. The molecule has 21 heavy (non-hydrogen) atoms. The molecule has 5 nitrogen and oxygen atoms in total. The highest BCUT2D eigenvalue weighted by molar-refractivity contribution is 6.28. The van der Waals surface area contributed by atoms with E-state index in [2.05, 4.69) is 63.6 Å². The van der Waals surface area contributed by atoms with Crippen LogP contribution in [0.25, 0.3) is 11.0 Å². The number of nitrogens with one attached hydrogen (secondary N) is 2. The quantitative estimate of drug-likeness (QED) is 0.720. The van der Waals surface area contributed by atoms with Crippen molar-refractivity contribution in [1.29, 1.82) is 0 Å². The van der Waals surface area contributed by atoms with E-state index in [0.29, 0.717) is 11.5 Å². The van der Waals surface area contributed by atoms with Crippen molar-refractivity contribution in [2.45, 2.75) is 26.3 Å². The van der Waals surface area contributed by atoms with Gasteiger partial charge in [-0.3, -0.25) is 5.10 Å². The van der Waals surface area contributed by atoms with E-state index < -0.39 is 0 Å². The summed E-state index contributed by atoms with van der Waals surface area (Å²) < 4.78 is 0. The van der Waals surface area contributed by atoms with Crippen molar-refractivity contribution in [2.75, 3.05) is 5.32 Å². The van der Waals surface area contributed by atoms with Crippen molar-refractivity contribution < 1.29 is 0 Å². The predicted molar refractivity (Wildman–Crippen MR) is 84.6 cm³/mol. The topological polar surface area (TPSA) is 66.5 Å². The Morgan fingerprint density at radius 2 is 2.00 bits per heavy atom. The smallest absolute Gasteiger partial charge is 0.226 e. The number of aryl methyl sites for hydroxylation is 1. The Hall–Kier alpha value is -2.14. The van der Waals surface area contributed by atoms with E-state index in [9.17, 15) is 0 Å². The number of aromatic amines is 1. The molecule has 3 aromatic rings. The van der Waals surface area contributed by atoms with Gasteiger partial charge in [-0.05, 0) is 36.1 Å². The lowest BCUT2D eigenvalue weighted by molar-refractivity contribution is 0.874. The highest BCUT2D eigenvalue weighted by Gasteiger charge is 2.12. The number of hydrogen-bond donors (Lipinski definition) is 2. The first-order valence-electron chi connectivity index (χ1n) is 6.89. The summed E-state index contributed by atoms with van der Waals surface area (Å²) in [6.07, 6.45) is 2.74. The zero-order valence-electron chi connectivity index (χ0n) is 11.9. The second kappa shape index (κ2) is 5.69. The second-order valence-electron chi connectivity index (χ2n) is 4.93. The SMILES string of the molecule is CCc1ccc(C(C)Nc2nc(Cl)nc3[nH]ncc23)cc1. The van der Waals surface area contributed by atoms with Crippen molar-refractivity contribution in [3.8, 4) is 0 Å². The first-order valence-corrected chi connectivity index (χ1v) is 7.27. The van der Waals surface area contributed by atoms with E-state index >= 15 is 0 Å². The minimum Gasteiger partial charge on any atom is -0.363 e. The maximum atomic E-state index is 5.94. The maximum Gasteiger partial charge on any atom is 0.226 e. The average Bonchev–Trinajstić information content (AvgIpc) is 2.95. The molecule has 1 atom stereocenters. The molecule has 108 valence electrons. The Morgan fingerprint density at radius 1 is 1.24 bits per heavy atom. The Bertz CT molecular complexity index is 750. The fraction of sp³-hybridized carbons (Fsp3) is 0.267. The van der Waals surface area contributed by atoms with Crippen LogP contribution >= 0.6 is 11.6 Å². The lowest BCUT2D eigenvalue weighted by atomic mass is 10.0. The van der Waals surface area contributed by atoms with Gasteiger partial charge >= 0.3 is 0 Å². The molecule has 2 N–H and O–H groups in total. The van der Waals surface area contributed by atoms with Crippen LogP contribution in [0.1, 0.15) is 31.0 Å². The molecule has 0 aliphatic heterocycles.